The van der Waals surface area contributed by atoms with Gasteiger partial charge in [0.2, 0.25) is 0 Å². The lowest BCUT2D eigenvalue weighted by atomic mass is 10.3. The first kappa shape index (κ1) is 15.8. The Balaban J connectivity index is 1.85. The number of anilines is 1. The number of aliphatic hydroxyl groups is 1. The van der Waals surface area contributed by atoms with Gasteiger partial charge in [-0.15, -0.1) is 11.3 Å². The van der Waals surface area contributed by atoms with Gasteiger partial charge in [0.1, 0.15) is 11.9 Å². The van der Waals surface area contributed by atoms with Crippen LogP contribution in [0.15, 0.2) is 18.2 Å². The maximum Gasteiger partial charge on any atom is 0.320 e. The second-order valence-corrected chi connectivity index (χ2v) is 6.24. The molecule has 2 aromatic heterocycles. The molecule has 0 fully saturated rings. The number of halogens is 1. The number of carbonyl (C=O) groups excluding carboxylic acids is 1. The minimum Gasteiger partial charge on any atom is -0.386 e. The van der Waals surface area contributed by atoms with Crippen molar-refractivity contribution in [1.82, 2.24) is 15.1 Å². The number of rotatable bonds is 5. The fourth-order valence-corrected chi connectivity index (χ4v) is 2.82. The van der Waals surface area contributed by atoms with Crippen LogP contribution in [0.5, 0.6) is 0 Å². The molecule has 0 aliphatic heterocycles. The minimum absolute atomic E-state index is 0.112. The molecule has 6 nitrogen and oxygen atoms in total. The van der Waals surface area contributed by atoms with E-state index in [9.17, 15) is 9.90 Å². The van der Waals surface area contributed by atoms with E-state index in [1.54, 1.807) is 23.9 Å². The van der Waals surface area contributed by atoms with E-state index >= 15 is 0 Å². The Morgan fingerprint density at radius 3 is 2.90 bits per heavy atom. The summed E-state index contributed by atoms with van der Waals surface area (Å²) in [6.45, 7) is 2.11. The average Bonchev–Trinajstić information content (AvgIpc) is 3.03. The third-order valence-electron chi connectivity index (χ3n) is 2.91. The first-order valence-electron chi connectivity index (χ1n) is 6.50. The van der Waals surface area contributed by atoms with Gasteiger partial charge in [-0.3, -0.25) is 10.00 Å². The number of nitrogens with one attached hydrogen (secondary N) is 2. The quantitative estimate of drug-likeness (QED) is 0.789. The summed E-state index contributed by atoms with van der Waals surface area (Å²) < 4.78 is 2.21. The van der Waals surface area contributed by atoms with Crippen LogP contribution in [0.2, 0.25) is 4.34 Å². The van der Waals surface area contributed by atoms with Gasteiger partial charge in [-0.2, -0.15) is 5.10 Å². The summed E-state index contributed by atoms with van der Waals surface area (Å²) >= 11 is 7.10. The highest BCUT2D eigenvalue weighted by atomic mass is 35.5. The van der Waals surface area contributed by atoms with Gasteiger partial charge in [-0.05, 0) is 18.6 Å². The topological polar surface area (TPSA) is 79.2 Å². The van der Waals surface area contributed by atoms with E-state index < -0.39 is 6.10 Å². The predicted octanol–water partition coefficient (Wildman–Crippen LogP) is 2.55. The Kier molecular flexibility index (Phi) is 5.22. The van der Waals surface area contributed by atoms with Gasteiger partial charge in [0.15, 0.2) is 0 Å². The molecular formula is C13H17ClN4O2S. The van der Waals surface area contributed by atoms with Crippen LogP contribution in [0.1, 0.15) is 23.6 Å². The molecule has 114 valence electrons. The number of aryl methyl sites for hydroxylation is 2. The Bertz CT molecular complexity index is 625. The average molecular weight is 329 g/mol. The summed E-state index contributed by atoms with van der Waals surface area (Å²) in [5.41, 5.74) is 0.904. The molecule has 2 amide bonds. The fraction of sp³-hybridized carbons (Fsp3) is 0.385. The van der Waals surface area contributed by atoms with Gasteiger partial charge in [0.05, 0.1) is 16.6 Å². The molecule has 3 N–H and O–H groups in total. The molecule has 0 aromatic carbocycles. The third-order valence-corrected chi connectivity index (χ3v) is 4.25. The molecule has 0 radical (unpaired) electrons. The van der Waals surface area contributed by atoms with Crippen LogP contribution in [0.25, 0.3) is 0 Å². The molecule has 1 unspecified atom stereocenters. The number of hydrogen-bond acceptors (Lipinski definition) is 4. The van der Waals surface area contributed by atoms with E-state index in [4.69, 9.17) is 11.6 Å². The highest BCUT2D eigenvalue weighted by molar-refractivity contribution is 7.16. The molecule has 0 saturated heterocycles. The highest BCUT2D eigenvalue weighted by Crippen LogP contribution is 2.26. The fourth-order valence-electron chi connectivity index (χ4n) is 1.77. The maximum atomic E-state index is 11.8. The van der Waals surface area contributed by atoms with Crippen molar-refractivity contribution in [1.29, 1.82) is 0 Å². The second-order valence-electron chi connectivity index (χ2n) is 4.49. The lowest BCUT2D eigenvalue weighted by molar-refractivity contribution is 0.178. The largest absolute Gasteiger partial charge is 0.386 e. The predicted molar refractivity (Wildman–Crippen MR) is 83.9 cm³/mol. The lowest BCUT2D eigenvalue weighted by Gasteiger charge is -2.11. The van der Waals surface area contributed by atoms with Gasteiger partial charge >= 0.3 is 6.03 Å². The number of amides is 2. The van der Waals surface area contributed by atoms with Crippen molar-refractivity contribution in [3.8, 4) is 0 Å². The Morgan fingerprint density at radius 2 is 2.33 bits per heavy atom. The van der Waals surface area contributed by atoms with Gasteiger partial charge in [0.25, 0.3) is 0 Å². The normalized spacial score (nSPS) is 12.2. The van der Waals surface area contributed by atoms with E-state index in [-0.39, 0.29) is 12.6 Å². The summed E-state index contributed by atoms with van der Waals surface area (Å²) in [7, 11) is 1.76. The molecule has 0 saturated carbocycles. The maximum absolute atomic E-state index is 11.8. The first-order chi connectivity index (χ1) is 9.99. The van der Waals surface area contributed by atoms with E-state index in [1.807, 2.05) is 13.0 Å². The van der Waals surface area contributed by atoms with Crippen molar-refractivity contribution in [2.45, 2.75) is 19.4 Å². The zero-order valence-electron chi connectivity index (χ0n) is 11.8. The molecule has 0 spiro atoms. The molecule has 0 aliphatic carbocycles. The number of hydrogen-bond donors (Lipinski definition) is 3. The van der Waals surface area contributed by atoms with E-state index in [0.29, 0.717) is 15.0 Å². The molecule has 0 bridgehead atoms. The monoisotopic (exact) mass is 328 g/mol. The number of nitrogens with zero attached hydrogens (tertiary/aromatic N) is 2. The Labute approximate surface area is 131 Å². The SMILES string of the molecule is CCc1cc(NC(=O)NCC(O)c2ccc(Cl)s2)n(C)n1. The second kappa shape index (κ2) is 6.93. The minimum atomic E-state index is -0.772. The Hall–Kier alpha value is -1.57. The zero-order valence-corrected chi connectivity index (χ0v) is 13.3. The summed E-state index contributed by atoms with van der Waals surface area (Å²) in [5.74, 6) is 0.609. The van der Waals surface area contributed by atoms with Gasteiger partial charge in [-0.1, -0.05) is 18.5 Å². The molecular weight excluding hydrogens is 312 g/mol. The van der Waals surface area contributed by atoms with Crippen LogP contribution < -0.4 is 10.6 Å². The Morgan fingerprint density at radius 1 is 1.57 bits per heavy atom. The lowest BCUT2D eigenvalue weighted by Crippen LogP contribution is -2.32. The van der Waals surface area contributed by atoms with Crippen molar-refractivity contribution in [3.05, 3.63) is 33.1 Å². The van der Waals surface area contributed by atoms with Crippen molar-refractivity contribution in [3.63, 3.8) is 0 Å². The molecule has 2 aromatic rings. The van der Waals surface area contributed by atoms with Crippen molar-refractivity contribution in [2.24, 2.45) is 7.05 Å². The van der Waals surface area contributed by atoms with Crippen LogP contribution in [0.3, 0.4) is 0 Å². The van der Waals surface area contributed by atoms with Crippen molar-refractivity contribution >= 4 is 34.8 Å². The van der Waals surface area contributed by atoms with Crippen molar-refractivity contribution in [2.75, 3.05) is 11.9 Å². The molecule has 2 rings (SSSR count). The molecule has 8 heteroatoms. The third kappa shape index (κ3) is 4.20. The highest BCUT2D eigenvalue weighted by Gasteiger charge is 2.13. The van der Waals surface area contributed by atoms with E-state index in [0.717, 1.165) is 12.1 Å². The molecule has 2 heterocycles. The van der Waals surface area contributed by atoms with Crippen molar-refractivity contribution < 1.29 is 9.90 Å². The van der Waals surface area contributed by atoms with Gasteiger partial charge in [-0.25, -0.2) is 4.79 Å². The van der Waals surface area contributed by atoms with E-state index in [1.165, 1.54) is 11.3 Å². The van der Waals surface area contributed by atoms with Gasteiger partial charge in [0, 0.05) is 18.0 Å². The summed E-state index contributed by atoms with van der Waals surface area (Å²) in [4.78, 5) is 12.5. The van der Waals surface area contributed by atoms with Crippen LogP contribution in [0, 0.1) is 0 Å². The molecule has 21 heavy (non-hydrogen) atoms. The summed E-state index contributed by atoms with van der Waals surface area (Å²) in [5, 5.41) is 19.5. The van der Waals surface area contributed by atoms with Gasteiger partial charge < -0.3 is 10.4 Å². The zero-order chi connectivity index (χ0) is 15.4. The number of thiophene rings is 1. The summed E-state index contributed by atoms with van der Waals surface area (Å²) in [6.07, 6.45) is 0.0284. The molecule has 1 atom stereocenters. The van der Waals surface area contributed by atoms with E-state index in [2.05, 4.69) is 15.7 Å². The number of aliphatic hydroxyl groups excluding tert-OH is 1. The smallest absolute Gasteiger partial charge is 0.320 e. The van der Waals surface area contributed by atoms with Crippen LogP contribution >= 0.6 is 22.9 Å². The number of urea groups is 1. The first-order valence-corrected chi connectivity index (χ1v) is 7.70. The number of carbonyl (C=O) groups is 1. The van der Waals surface area contributed by atoms with Crippen LogP contribution in [-0.2, 0) is 13.5 Å². The van der Waals surface area contributed by atoms with Crippen LogP contribution in [-0.4, -0.2) is 27.5 Å². The number of aromatic nitrogens is 2. The standard InChI is InChI=1S/C13H17ClN4O2S/c1-3-8-6-12(18(2)17-8)16-13(20)15-7-9(19)10-4-5-11(14)21-10/h4-6,9,19H,3,7H2,1-2H3,(H2,15,16,20). The molecule has 0 aliphatic rings. The van der Waals surface area contributed by atoms with Crippen LogP contribution in [0.4, 0.5) is 10.6 Å². The summed E-state index contributed by atoms with van der Waals surface area (Å²) in [6, 6.07) is 4.88.